The lowest BCUT2D eigenvalue weighted by Crippen LogP contribution is -2.08. The van der Waals surface area contributed by atoms with Gasteiger partial charge in [0.1, 0.15) is 11.9 Å². The summed E-state index contributed by atoms with van der Waals surface area (Å²) >= 11 is 0. The van der Waals surface area contributed by atoms with Gasteiger partial charge in [0, 0.05) is 5.56 Å². The Labute approximate surface area is 82.6 Å². The van der Waals surface area contributed by atoms with Crippen molar-refractivity contribution in [3.05, 3.63) is 36.4 Å². The second-order valence-electron chi connectivity index (χ2n) is 2.88. The standard InChI is InChI=1S/C11H13FO2/c1-8(10(12)7-13)9-5-3-4-6-11(9)14-2/h3-6,10,13H,1,7H2,2H3/t10-/m0/s1. The minimum atomic E-state index is -1.44. The molecule has 0 aliphatic heterocycles. The van der Waals surface area contributed by atoms with Gasteiger partial charge in [-0.2, -0.15) is 0 Å². The molecule has 2 nitrogen and oxygen atoms in total. The highest BCUT2D eigenvalue weighted by Gasteiger charge is 2.14. The monoisotopic (exact) mass is 196 g/mol. The van der Waals surface area contributed by atoms with Crippen LogP contribution in [0.25, 0.3) is 5.57 Å². The van der Waals surface area contributed by atoms with Gasteiger partial charge in [0.25, 0.3) is 0 Å². The lowest BCUT2D eigenvalue weighted by atomic mass is 10.0. The second kappa shape index (κ2) is 4.77. The summed E-state index contributed by atoms with van der Waals surface area (Å²) in [7, 11) is 1.51. The predicted molar refractivity (Wildman–Crippen MR) is 54.0 cm³/mol. The molecule has 0 amide bonds. The van der Waals surface area contributed by atoms with Gasteiger partial charge in [-0.25, -0.2) is 4.39 Å². The van der Waals surface area contributed by atoms with E-state index in [1.54, 1.807) is 24.3 Å². The molecule has 14 heavy (non-hydrogen) atoms. The van der Waals surface area contributed by atoms with Crippen molar-refractivity contribution in [2.75, 3.05) is 13.7 Å². The Bertz CT molecular complexity index is 323. The van der Waals surface area contributed by atoms with Crippen LogP contribution in [0.15, 0.2) is 30.8 Å². The summed E-state index contributed by atoms with van der Waals surface area (Å²) in [5.74, 6) is 0.564. The van der Waals surface area contributed by atoms with Gasteiger partial charge in [0.2, 0.25) is 0 Å². The van der Waals surface area contributed by atoms with Gasteiger partial charge >= 0.3 is 0 Å². The fourth-order valence-electron chi connectivity index (χ4n) is 1.19. The molecule has 0 aliphatic rings. The second-order valence-corrected chi connectivity index (χ2v) is 2.88. The molecule has 0 bridgehead atoms. The molecule has 76 valence electrons. The van der Waals surface area contributed by atoms with E-state index in [9.17, 15) is 4.39 Å². The molecule has 1 aromatic carbocycles. The van der Waals surface area contributed by atoms with Crippen LogP contribution in [0, 0.1) is 0 Å². The Morgan fingerprint density at radius 3 is 2.79 bits per heavy atom. The van der Waals surface area contributed by atoms with Gasteiger partial charge < -0.3 is 9.84 Å². The SMILES string of the molecule is C=C(c1ccccc1OC)[C@@H](F)CO. The molecule has 0 aliphatic carbocycles. The van der Waals surface area contributed by atoms with Gasteiger partial charge in [-0.05, 0) is 11.6 Å². The topological polar surface area (TPSA) is 29.5 Å². The highest BCUT2D eigenvalue weighted by molar-refractivity contribution is 5.71. The normalized spacial score (nSPS) is 12.2. The maximum atomic E-state index is 13.1. The van der Waals surface area contributed by atoms with E-state index in [2.05, 4.69) is 6.58 Å². The third kappa shape index (κ3) is 2.12. The molecule has 0 saturated heterocycles. The quantitative estimate of drug-likeness (QED) is 0.798. The zero-order valence-corrected chi connectivity index (χ0v) is 8.03. The number of rotatable bonds is 4. The van der Waals surface area contributed by atoms with E-state index >= 15 is 0 Å². The zero-order chi connectivity index (χ0) is 10.6. The van der Waals surface area contributed by atoms with Gasteiger partial charge in [-0.1, -0.05) is 24.8 Å². The Kier molecular flexibility index (Phi) is 3.65. The highest BCUT2D eigenvalue weighted by Crippen LogP contribution is 2.27. The summed E-state index contributed by atoms with van der Waals surface area (Å²) in [4.78, 5) is 0. The average molecular weight is 196 g/mol. The van der Waals surface area contributed by atoms with Crippen molar-refractivity contribution in [3.63, 3.8) is 0 Å². The van der Waals surface area contributed by atoms with E-state index in [-0.39, 0.29) is 5.57 Å². The van der Waals surface area contributed by atoms with Gasteiger partial charge in [-0.3, -0.25) is 0 Å². The highest BCUT2D eigenvalue weighted by atomic mass is 19.1. The molecule has 0 unspecified atom stereocenters. The van der Waals surface area contributed by atoms with E-state index in [1.807, 2.05) is 0 Å². The van der Waals surface area contributed by atoms with Crippen LogP contribution in [0.4, 0.5) is 4.39 Å². The third-order valence-corrected chi connectivity index (χ3v) is 1.99. The molecule has 0 fully saturated rings. The smallest absolute Gasteiger partial charge is 0.148 e. The third-order valence-electron chi connectivity index (χ3n) is 1.99. The Hall–Kier alpha value is -1.35. The van der Waals surface area contributed by atoms with Crippen molar-refractivity contribution >= 4 is 5.57 Å². The summed E-state index contributed by atoms with van der Waals surface area (Å²) in [6.45, 7) is 3.03. The summed E-state index contributed by atoms with van der Waals surface area (Å²) in [6, 6.07) is 7.00. The van der Waals surface area contributed by atoms with Gasteiger partial charge in [0.05, 0.1) is 13.7 Å². The number of hydrogen-bond acceptors (Lipinski definition) is 2. The lowest BCUT2D eigenvalue weighted by Gasteiger charge is -2.12. The Morgan fingerprint density at radius 1 is 1.57 bits per heavy atom. The van der Waals surface area contributed by atoms with Crippen molar-refractivity contribution in [2.24, 2.45) is 0 Å². The van der Waals surface area contributed by atoms with Crippen molar-refractivity contribution in [3.8, 4) is 5.75 Å². The van der Waals surface area contributed by atoms with Crippen molar-refractivity contribution < 1.29 is 14.2 Å². The molecule has 0 aromatic heterocycles. The molecule has 1 atom stereocenters. The summed E-state index contributed by atoms with van der Waals surface area (Å²) in [6.07, 6.45) is -1.44. The minimum Gasteiger partial charge on any atom is -0.496 e. The maximum absolute atomic E-state index is 13.1. The molecule has 1 rings (SSSR count). The van der Waals surface area contributed by atoms with E-state index in [1.165, 1.54) is 7.11 Å². The summed E-state index contributed by atoms with van der Waals surface area (Å²) < 4.78 is 18.2. The van der Waals surface area contributed by atoms with Crippen LogP contribution in [0.1, 0.15) is 5.56 Å². The Morgan fingerprint density at radius 2 is 2.21 bits per heavy atom. The first-order valence-electron chi connectivity index (χ1n) is 4.27. The number of methoxy groups -OCH3 is 1. The summed E-state index contributed by atoms with van der Waals surface area (Å²) in [5, 5.41) is 8.65. The zero-order valence-electron chi connectivity index (χ0n) is 8.03. The predicted octanol–water partition coefficient (Wildman–Crippen LogP) is 2.04. The van der Waals surface area contributed by atoms with E-state index < -0.39 is 12.8 Å². The molecule has 0 spiro atoms. The minimum absolute atomic E-state index is 0.241. The number of aliphatic hydroxyl groups is 1. The molecular weight excluding hydrogens is 183 g/mol. The van der Waals surface area contributed by atoms with Gasteiger partial charge in [0.15, 0.2) is 0 Å². The average Bonchev–Trinajstić information content (AvgIpc) is 2.26. The molecule has 1 aromatic rings. The van der Waals surface area contributed by atoms with Crippen LogP contribution in [-0.4, -0.2) is 25.0 Å². The first kappa shape index (κ1) is 10.7. The fraction of sp³-hybridized carbons (Fsp3) is 0.273. The summed E-state index contributed by atoms with van der Waals surface area (Å²) in [5.41, 5.74) is 0.835. The van der Waals surface area contributed by atoms with Gasteiger partial charge in [-0.15, -0.1) is 0 Å². The molecule has 0 radical (unpaired) electrons. The number of aliphatic hydroxyl groups excluding tert-OH is 1. The maximum Gasteiger partial charge on any atom is 0.148 e. The lowest BCUT2D eigenvalue weighted by molar-refractivity contribution is 0.215. The first-order chi connectivity index (χ1) is 6.70. The number of alkyl halides is 1. The van der Waals surface area contributed by atoms with Crippen molar-refractivity contribution in [1.82, 2.24) is 0 Å². The largest absolute Gasteiger partial charge is 0.496 e. The van der Waals surface area contributed by atoms with E-state index in [0.29, 0.717) is 11.3 Å². The van der Waals surface area contributed by atoms with E-state index in [0.717, 1.165) is 0 Å². The van der Waals surface area contributed by atoms with Crippen molar-refractivity contribution in [2.45, 2.75) is 6.17 Å². The molecule has 0 heterocycles. The first-order valence-corrected chi connectivity index (χ1v) is 4.27. The number of ether oxygens (including phenoxy) is 1. The van der Waals surface area contributed by atoms with E-state index in [4.69, 9.17) is 9.84 Å². The van der Waals surface area contributed by atoms with Crippen LogP contribution >= 0.6 is 0 Å². The molecule has 1 N–H and O–H groups in total. The molecular formula is C11H13FO2. The van der Waals surface area contributed by atoms with Crippen LogP contribution in [0.2, 0.25) is 0 Å². The van der Waals surface area contributed by atoms with Crippen LogP contribution in [0.3, 0.4) is 0 Å². The number of para-hydroxylation sites is 1. The molecule has 3 heteroatoms. The van der Waals surface area contributed by atoms with Crippen LogP contribution < -0.4 is 4.74 Å². The van der Waals surface area contributed by atoms with Crippen LogP contribution in [-0.2, 0) is 0 Å². The van der Waals surface area contributed by atoms with Crippen LogP contribution in [0.5, 0.6) is 5.75 Å². The fourth-order valence-corrected chi connectivity index (χ4v) is 1.19. The number of benzene rings is 1. The van der Waals surface area contributed by atoms with Crippen molar-refractivity contribution in [1.29, 1.82) is 0 Å². The number of hydrogen-bond donors (Lipinski definition) is 1. The number of halogens is 1. The molecule has 0 saturated carbocycles. The Balaban J connectivity index is 3.00.